The third kappa shape index (κ3) is 2.03. The van der Waals surface area contributed by atoms with Gasteiger partial charge in [-0.05, 0) is 24.7 Å². The Bertz CT molecular complexity index is 265. The topological polar surface area (TPSA) is 60.2 Å². The molecule has 0 heterocycles. The van der Waals surface area contributed by atoms with Crippen LogP contribution in [0, 0.1) is 27.4 Å². The Morgan fingerprint density at radius 3 is 2.40 bits per heavy atom. The van der Waals surface area contributed by atoms with Crippen LogP contribution in [0.4, 0.5) is 0 Å². The van der Waals surface area contributed by atoms with Gasteiger partial charge in [-0.2, -0.15) is 0 Å². The van der Waals surface area contributed by atoms with E-state index in [2.05, 4.69) is 0 Å². The largest absolute Gasteiger partial charge is 0.303 e. The summed E-state index contributed by atoms with van der Waals surface area (Å²) in [5.74, 6) is 1.31. The first-order chi connectivity index (χ1) is 7.15. The summed E-state index contributed by atoms with van der Waals surface area (Å²) in [6.45, 7) is -0.0151. The van der Waals surface area contributed by atoms with Gasteiger partial charge in [0, 0.05) is 16.8 Å². The predicted molar refractivity (Wildman–Crippen MR) is 55.0 cm³/mol. The lowest BCUT2D eigenvalue weighted by atomic mass is 9.81. The van der Waals surface area contributed by atoms with E-state index in [9.17, 15) is 14.9 Å². The van der Waals surface area contributed by atoms with E-state index in [1.54, 1.807) is 0 Å². The van der Waals surface area contributed by atoms with Crippen LogP contribution in [0.2, 0.25) is 0 Å². The molecule has 0 unspecified atom stereocenters. The monoisotopic (exact) mass is 211 g/mol. The van der Waals surface area contributed by atoms with Crippen LogP contribution in [-0.2, 0) is 4.79 Å². The molecule has 0 saturated heterocycles. The lowest BCUT2D eigenvalue weighted by Gasteiger charge is -2.22. The van der Waals surface area contributed by atoms with Crippen molar-refractivity contribution in [2.75, 3.05) is 6.54 Å². The van der Waals surface area contributed by atoms with Crippen LogP contribution in [-0.4, -0.2) is 17.8 Å². The third-order valence-electron chi connectivity index (χ3n) is 4.19. The fourth-order valence-corrected chi connectivity index (χ4v) is 3.66. The molecule has 0 bridgehead atoms. The van der Waals surface area contributed by atoms with E-state index in [0.29, 0.717) is 18.3 Å². The Morgan fingerprint density at radius 1 is 1.33 bits per heavy atom. The van der Waals surface area contributed by atoms with Crippen LogP contribution in [0.1, 0.15) is 38.5 Å². The molecule has 0 aromatic carbocycles. The highest BCUT2D eigenvalue weighted by molar-refractivity contribution is 5.51. The minimum atomic E-state index is -0.305. The molecule has 15 heavy (non-hydrogen) atoms. The molecule has 0 spiro atoms. The number of hydrogen-bond acceptors (Lipinski definition) is 3. The second-order valence-electron chi connectivity index (χ2n) is 5.22. The van der Waals surface area contributed by atoms with Gasteiger partial charge in [-0.15, -0.1) is 0 Å². The predicted octanol–water partition coefficient (Wildman–Crippen LogP) is 2.05. The number of nitro groups is 1. The van der Waals surface area contributed by atoms with Gasteiger partial charge in [0.15, 0.2) is 0 Å². The molecular weight excluding hydrogens is 194 g/mol. The standard InChI is InChI=1S/C11H17NO3/c13-5-4-11(8-12(14)15)6-9-2-1-3-10(9)7-11/h5,9-10H,1-4,6-8H2/t9-,10-/m1/s1. The number of rotatable bonds is 4. The first kappa shape index (κ1) is 10.6. The highest BCUT2D eigenvalue weighted by Gasteiger charge is 2.49. The summed E-state index contributed by atoms with van der Waals surface area (Å²) in [6.07, 6.45) is 6.73. The van der Waals surface area contributed by atoms with Crippen molar-refractivity contribution < 1.29 is 9.72 Å². The van der Waals surface area contributed by atoms with Crippen LogP contribution < -0.4 is 0 Å². The second-order valence-corrected chi connectivity index (χ2v) is 5.22. The fourth-order valence-electron chi connectivity index (χ4n) is 3.66. The first-order valence-electron chi connectivity index (χ1n) is 5.71. The normalized spacial score (nSPS) is 32.5. The molecule has 0 amide bonds. The van der Waals surface area contributed by atoms with Crippen molar-refractivity contribution in [1.29, 1.82) is 0 Å². The zero-order valence-electron chi connectivity index (χ0n) is 8.85. The minimum absolute atomic E-state index is 0.0151. The van der Waals surface area contributed by atoms with Gasteiger partial charge in [-0.1, -0.05) is 19.3 Å². The summed E-state index contributed by atoms with van der Waals surface area (Å²) in [5, 5.41) is 10.6. The number of hydrogen-bond donors (Lipinski definition) is 0. The molecule has 4 heteroatoms. The molecule has 4 nitrogen and oxygen atoms in total. The van der Waals surface area contributed by atoms with Crippen LogP contribution in [0.25, 0.3) is 0 Å². The molecule has 2 atom stereocenters. The molecule has 0 aromatic heterocycles. The number of fused-ring (bicyclic) bond motifs is 1. The Morgan fingerprint density at radius 2 is 1.93 bits per heavy atom. The van der Waals surface area contributed by atoms with Gasteiger partial charge >= 0.3 is 0 Å². The summed E-state index contributed by atoms with van der Waals surface area (Å²) in [6, 6.07) is 0. The van der Waals surface area contributed by atoms with Crippen LogP contribution in [0.15, 0.2) is 0 Å². The van der Waals surface area contributed by atoms with Gasteiger partial charge in [0.1, 0.15) is 6.29 Å². The maximum absolute atomic E-state index is 10.6. The van der Waals surface area contributed by atoms with Crippen LogP contribution in [0.3, 0.4) is 0 Å². The lowest BCUT2D eigenvalue weighted by Crippen LogP contribution is -2.28. The van der Waals surface area contributed by atoms with Crippen molar-refractivity contribution in [3.05, 3.63) is 10.1 Å². The van der Waals surface area contributed by atoms with E-state index >= 15 is 0 Å². The molecule has 0 aromatic rings. The lowest BCUT2D eigenvalue weighted by molar-refractivity contribution is -0.497. The molecule has 2 aliphatic carbocycles. The highest BCUT2D eigenvalue weighted by Crippen LogP contribution is 2.54. The number of aldehydes is 1. The van der Waals surface area contributed by atoms with Crippen LogP contribution >= 0.6 is 0 Å². The van der Waals surface area contributed by atoms with Crippen molar-refractivity contribution in [3.8, 4) is 0 Å². The van der Waals surface area contributed by atoms with Gasteiger partial charge in [0.2, 0.25) is 6.54 Å². The number of nitrogens with zero attached hydrogens (tertiary/aromatic N) is 1. The summed E-state index contributed by atoms with van der Waals surface area (Å²) in [7, 11) is 0. The van der Waals surface area contributed by atoms with Crippen molar-refractivity contribution in [3.63, 3.8) is 0 Å². The SMILES string of the molecule is O=CCC1(C[N+](=O)[O-])C[C@H]2CCC[C@@H]2C1. The average Bonchev–Trinajstić information content (AvgIpc) is 2.61. The molecule has 2 saturated carbocycles. The zero-order valence-corrected chi connectivity index (χ0v) is 8.85. The molecule has 2 fully saturated rings. The molecule has 0 radical (unpaired) electrons. The molecule has 84 valence electrons. The van der Waals surface area contributed by atoms with Crippen molar-refractivity contribution >= 4 is 6.29 Å². The second kappa shape index (κ2) is 3.91. The Labute approximate surface area is 89.2 Å². The van der Waals surface area contributed by atoms with Gasteiger partial charge in [-0.3, -0.25) is 10.1 Å². The quantitative estimate of drug-likeness (QED) is 0.406. The van der Waals surface area contributed by atoms with E-state index in [4.69, 9.17) is 0 Å². The van der Waals surface area contributed by atoms with Crippen molar-refractivity contribution in [1.82, 2.24) is 0 Å². The van der Waals surface area contributed by atoms with Gasteiger partial charge in [-0.25, -0.2) is 0 Å². The summed E-state index contributed by atoms with van der Waals surface area (Å²) in [5.41, 5.74) is -0.305. The smallest absolute Gasteiger partial charge is 0.209 e. The van der Waals surface area contributed by atoms with Gasteiger partial charge < -0.3 is 4.79 Å². The number of carbonyl (C=O) groups is 1. The average molecular weight is 211 g/mol. The van der Waals surface area contributed by atoms with Crippen molar-refractivity contribution in [2.45, 2.75) is 38.5 Å². The van der Waals surface area contributed by atoms with E-state index in [-0.39, 0.29) is 16.9 Å². The van der Waals surface area contributed by atoms with Gasteiger partial charge in [0.25, 0.3) is 0 Å². The first-order valence-corrected chi connectivity index (χ1v) is 5.71. The zero-order chi connectivity index (χ0) is 10.9. The van der Waals surface area contributed by atoms with E-state index in [0.717, 1.165) is 19.1 Å². The molecule has 0 N–H and O–H groups in total. The molecule has 2 aliphatic rings. The van der Waals surface area contributed by atoms with Crippen LogP contribution in [0.5, 0.6) is 0 Å². The maximum atomic E-state index is 10.6. The van der Waals surface area contributed by atoms with Crippen molar-refractivity contribution in [2.24, 2.45) is 17.3 Å². The minimum Gasteiger partial charge on any atom is -0.303 e. The summed E-state index contributed by atoms with van der Waals surface area (Å²) in [4.78, 5) is 21.0. The fraction of sp³-hybridized carbons (Fsp3) is 0.909. The Kier molecular flexibility index (Phi) is 2.76. The van der Waals surface area contributed by atoms with Gasteiger partial charge in [0.05, 0.1) is 0 Å². The van der Waals surface area contributed by atoms with E-state index in [1.165, 1.54) is 19.3 Å². The highest BCUT2D eigenvalue weighted by atomic mass is 16.6. The molecular formula is C11H17NO3. The maximum Gasteiger partial charge on any atom is 0.209 e. The molecule has 2 rings (SSSR count). The molecule has 0 aliphatic heterocycles. The summed E-state index contributed by atoms with van der Waals surface area (Å²) < 4.78 is 0. The summed E-state index contributed by atoms with van der Waals surface area (Å²) >= 11 is 0. The van der Waals surface area contributed by atoms with E-state index in [1.807, 2.05) is 0 Å². The Hall–Kier alpha value is -0.930. The van der Waals surface area contributed by atoms with E-state index < -0.39 is 0 Å². The third-order valence-corrected chi connectivity index (χ3v) is 4.19. The number of carbonyl (C=O) groups excluding carboxylic acids is 1. The Balaban J connectivity index is 2.08.